The zero-order valence-electron chi connectivity index (χ0n) is 4.29. The van der Waals surface area contributed by atoms with Crippen molar-refractivity contribution in [3.8, 4) is 0 Å². The molecular formula is C5H10ClN. The molecule has 2 heteroatoms. The minimum Gasteiger partial charge on any atom is -0.405 e. The summed E-state index contributed by atoms with van der Waals surface area (Å²) < 4.78 is 0. The van der Waals surface area contributed by atoms with Gasteiger partial charge in [0.15, 0.2) is 0 Å². The molecule has 0 aliphatic rings. The molecule has 0 amide bonds. The van der Waals surface area contributed by atoms with Gasteiger partial charge in [0.25, 0.3) is 0 Å². The minimum atomic E-state index is 0. The van der Waals surface area contributed by atoms with Crippen molar-refractivity contribution in [2.75, 3.05) is 0 Å². The summed E-state index contributed by atoms with van der Waals surface area (Å²) in [4.78, 5) is 0. The molecule has 0 unspecified atom stereocenters. The van der Waals surface area contributed by atoms with Gasteiger partial charge in [-0.05, 0) is 19.2 Å². The molecule has 0 aromatic carbocycles. The van der Waals surface area contributed by atoms with Crippen LogP contribution in [0.15, 0.2) is 24.4 Å². The van der Waals surface area contributed by atoms with E-state index in [-0.39, 0.29) is 12.4 Å². The molecule has 0 atom stereocenters. The van der Waals surface area contributed by atoms with Crippen LogP contribution in [0.1, 0.15) is 6.92 Å². The number of allylic oxidation sites excluding steroid dienone is 3. The lowest BCUT2D eigenvalue weighted by molar-refractivity contribution is 1.59. The van der Waals surface area contributed by atoms with Crippen molar-refractivity contribution in [1.29, 1.82) is 0 Å². The van der Waals surface area contributed by atoms with E-state index in [9.17, 15) is 0 Å². The van der Waals surface area contributed by atoms with Gasteiger partial charge < -0.3 is 5.73 Å². The molecule has 0 rings (SSSR count). The second-order valence-corrected chi connectivity index (χ2v) is 0.911. The second kappa shape index (κ2) is 9.13. The average molecular weight is 120 g/mol. The van der Waals surface area contributed by atoms with Crippen molar-refractivity contribution in [2.45, 2.75) is 6.92 Å². The summed E-state index contributed by atoms with van der Waals surface area (Å²) in [5, 5.41) is 0. The van der Waals surface area contributed by atoms with Crippen LogP contribution in [0.5, 0.6) is 0 Å². The normalized spacial score (nSPS) is 9.86. The summed E-state index contributed by atoms with van der Waals surface area (Å²) in [5.41, 5.74) is 4.98. The van der Waals surface area contributed by atoms with E-state index >= 15 is 0 Å². The molecule has 7 heavy (non-hydrogen) atoms. The predicted octanol–water partition coefficient (Wildman–Crippen LogP) is 1.46. The number of hydrogen-bond acceptors (Lipinski definition) is 1. The van der Waals surface area contributed by atoms with Crippen LogP contribution in [0.2, 0.25) is 0 Å². The van der Waals surface area contributed by atoms with Crippen molar-refractivity contribution >= 4 is 12.4 Å². The molecule has 0 aliphatic carbocycles. The molecule has 42 valence electrons. The van der Waals surface area contributed by atoms with Crippen LogP contribution >= 0.6 is 12.4 Å². The Labute approximate surface area is 50.3 Å². The predicted molar refractivity (Wildman–Crippen MR) is 35.4 cm³/mol. The van der Waals surface area contributed by atoms with Gasteiger partial charge >= 0.3 is 0 Å². The highest BCUT2D eigenvalue weighted by atomic mass is 35.5. The highest BCUT2D eigenvalue weighted by Crippen LogP contribution is 1.67. The van der Waals surface area contributed by atoms with Crippen molar-refractivity contribution in [3.63, 3.8) is 0 Å². The maximum absolute atomic E-state index is 4.98. The van der Waals surface area contributed by atoms with Gasteiger partial charge in [-0.15, -0.1) is 12.4 Å². The highest BCUT2D eigenvalue weighted by molar-refractivity contribution is 5.85. The first-order chi connectivity index (χ1) is 2.91. The van der Waals surface area contributed by atoms with Crippen LogP contribution in [0.3, 0.4) is 0 Å². The van der Waals surface area contributed by atoms with Crippen LogP contribution in [-0.2, 0) is 0 Å². The largest absolute Gasteiger partial charge is 0.405 e. The van der Waals surface area contributed by atoms with Crippen LogP contribution in [0, 0.1) is 0 Å². The fourth-order valence-corrected chi connectivity index (χ4v) is 0.175. The molecule has 0 aromatic rings. The first-order valence-electron chi connectivity index (χ1n) is 1.91. The van der Waals surface area contributed by atoms with Crippen LogP contribution < -0.4 is 5.73 Å². The van der Waals surface area contributed by atoms with Gasteiger partial charge in [0.2, 0.25) is 0 Å². The zero-order valence-corrected chi connectivity index (χ0v) is 5.11. The van der Waals surface area contributed by atoms with Gasteiger partial charge in [0.1, 0.15) is 0 Å². The smallest absolute Gasteiger partial charge is 0.00625 e. The topological polar surface area (TPSA) is 26.0 Å². The first kappa shape index (κ1) is 9.76. The Bertz CT molecular complexity index is 56.5. The van der Waals surface area contributed by atoms with Gasteiger partial charge in [-0.1, -0.05) is 12.2 Å². The molecule has 0 heterocycles. The molecule has 0 saturated heterocycles. The molecule has 2 N–H and O–H groups in total. The summed E-state index contributed by atoms with van der Waals surface area (Å²) in [6, 6.07) is 0. The number of halogens is 1. The lowest BCUT2D eigenvalue weighted by Crippen LogP contribution is -1.71. The van der Waals surface area contributed by atoms with Crippen LogP contribution in [-0.4, -0.2) is 0 Å². The van der Waals surface area contributed by atoms with E-state index in [1.165, 1.54) is 6.20 Å². The Kier molecular flexibility index (Phi) is 12.7. The van der Waals surface area contributed by atoms with Gasteiger partial charge in [0, 0.05) is 0 Å². The fraction of sp³-hybridized carbons (Fsp3) is 0.200. The monoisotopic (exact) mass is 119 g/mol. The molecule has 0 aromatic heterocycles. The third kappa shape index (κ3) is 10.7. The van der Waals surface area contributed by atoms with Crippen LogP contribution in [0.4, 0.5) is 0 Å². The molecule has 0 fully saturated rings. The first-order valence-corrected chi connectivity index (χ1v) is 1.91. The third-order valence-electron chi connectivity index (χ3n) is 0.415. The zero-order chi connectivity index (χ0) is 4.83. The fourth-order valence-electron chi connectivity index (χ4n) is 0.175. The summed E-state index contributed by atoms with van der Waals surface area (Å²) >= 11 is 0. The van der Waals surface area contributed by atoms with E-state index in [0.717, 1.165) is 0 Å². The van der Waals surface area contributed by atoms with E-state index in [2.05, 4.69) is 0 Å². The lowest BCUT2D eigenvalue weighted by Gasteiger charge is -1.63. The summed E-state index contributed by atoms with van der Waals surface area (Å²) in [5.74, 6) is 0. The molecule has 0 aliphatic heterocycles. The standard InChI is InChI=1S/C5H9N.ClH/c1-2-3-4-5-6;/h2-5H,6H2,1H3;1H. The average Bonchev–Trinajstić information content (AvgIpc) is 1.61. The van der Waals surface area contributed by atoms with E-state index < -0.39 is 0 Å². The maximum atomic E-state index is 4.98. The lowest BCUT2D eigenvalue weighted by atomic mass is 10.5. The van der Waals surface area contributed by atoms with Crippen molar-refractivity contribution in [2.24, 2.45) is 5.73 Å². The Balaban J connectivity index is 0. The number of rotatable bonds is 1. The molecule has 0 radical (unpaired) electrons. The van der Waals surface area contributed by atoms with E-state index in [1.807, 2.05) is 19.1 Å². The van der Waals surface area contributed by atoms with Crippen LogP contribution in [0.25, 0.3) is 0 Å². The Morgan fingerprint density at radius 3 is 2.00 bits per heavy atom. The van der Waals surface area contributed by atoms with Gasteiger partial charge in [-0.3, -0.25) is 0 Å². The SMILES string of the molecule is CC=CC=CN.Cl. The van der Waals surface area contributed by atoms with Crippen molar-refractivity contribution < 1.29 is 0 Å². The van der Waals surface area contributed by atoms with Crippen molar-refractivity contribution in [3.05, 3.63) is 24.4 Å². The quantitative estimate of drug-likeness (QED) is 0.520. The van der Waals surface area contributed by atoms with Gasteiger partial charge in [-0.25, -0.2) is 0 Å². The highest BCUT2D eigenvalue weighted by Gasteiger charge is 1.48. The Hall–Kier alpha value is -0.430. The number of hydrogen-bond donors (Lipinski definition) is 1. The number of nitrogens with two attached hydrogens (primary N) is 1. The van der Waals surface area contributed by atoms with E-state index in [0.29, 0.717) is 0 Å². The van der Waals surface area contributed by atoms with E-state index in [4.69, 9.17) is 5.73 Å². The third-order valence-corrected chi connectivity index (χ3v) is 0.415. The summed E-state index contributed by atoms with van der Waals surface area (Å²) in [6.07, 6.45) is 7.07. The van der Waals surface area contributed by atoms with Gasteiger partial charge in [-0.2, -0.15) is 0 Å². The van der Waals surface area contributed by atoms with Gasteiger partial charge in [0.05, 0.1) is 0 Å². The molecule has 1 nitrogen and oxygen atoms in total. The summed E-state index contributed by atoms with van der Waals surface area (Å²) in [6.45, 7) is 1.94. The molecule has 0 bridgehead atoms. The molecular weight excluding hydrogens is 110 g/mol. The molecule has 0 spiro atoms. The van der Waals surface area contributed by atoms with E-state index in [1.54, 1.807) is 6.08 Å². The van der Waals surface area contributed by atoms with Crippen molar-refractivity contribution in [1.82, 2.24) is 0 Å². The maximum Gasteiger partial charge on any atom is -0.00625 e. The Morgan fingerprint density at radius 1 is 1.29 bits per heavy atom. The second-order valence-electron chi connectivity index (χ2n) is 0.911. The summed E-state index contributed by atoms with van der Waals surface area (Å²) in [7, 11) is 0. The molecule has 0 saturated carbocycles. The minimum absolute atomic E-state index is 0. The Morgan fingerprint density at radius 2 is 1.86 bits per heavy atom.